The van der Waals surface area contributed by atoms with Crippen molar-refractivity contribution >= 4 is 22.3 Å². The van der Waals surface area contributed by atoms with E-state index in [2.05, 4.69) is 49.1 Å². The molecule has 29 heavy (non-hydrogen) atoms. The summed E-state index contributed by atoms with van der Waals surface area (Å²) >= 11 is 0. The number of nitrogens with one attached hydrogen (secondary N) is 2. The first-order valence-electron chi connectivity index (χ1n) is 9.62. The predicted octanol–water partition coefficient (Wildman–Crippen LogP) is 4.30. The van der Waals surface area contributed by atoms with E-state index >= 15 is 0 Å². The quantitative estimate of drug-likeness (QED) is 0.643. The third-order valence-corrected chi connectivity index (χ3v) is 5.14. The van der Waals surface area contributed by atoms with Crippen LogP contribution in [0.2, 0.25) is 0 Å². The summed E-state index contributed by atoms with van der Waals surface area (Å²) in [4.78, 5) is 7.94. The molecule has 0 amide bonds. The monoisotopic (exact) mass is 404 g/mol. The normalized spacial score (nSPS) is 15.6. The number of ether oxygens (including phenoxy) is 1. The molecule has 1 aromatic heterocycles. The summed E-state index contributed by atoms with van der Waals surface area (Å²) in [6.07, 6.45) is -2.74. The van der Waals surface area contributed by atoms with Gasteiger partial charge in [-0.2, -0.15) is 0 Å². The second-order valence-corrected chi connectivity index (χ2v) is 7.02. The molecule has 0 aliphatic carbocycles. The molecule has 154 valence electrons. The Morgan fingerprint density at radius 2 is 1.76 bits per heavy atom. The van der Waals surface area contributed by atoms with Crippen LogP contribution in [0.5, 0.6) is 5.75 Å². The number of nitrogens with zero attached hydrogens (tertiary/aromatic N) is 2. The maximum absolute atomic E-state index is 12.5. The first kappa shape index (κ1) is 19.4. The fourth-order valence-electron chi connectivity index (χ4n) is 3.73. The summed E-state index contributed by atoms with van der Waals surface area (Å²) in [6, 6.07) is 14.5. The zero-order chi connectivity index (χ0) is 20.3. The van der Waals surface area contributed by atoms with Crippen molar-refractivity contribution in [1.82, 2.24) is 9.88 Å². The standard InChI is InChI=1S/C21H23F3N4O/c22-21(23,24)29-20-7-2-1-4-18(20)26-10-11-27-12-14-28(15-13-27)19-6-3-5-17-16(19)8-9-25-17/h1-9,25-26H,10-15H2. The Kier molecular flexibility index (Phi) is 5.53. The Labute approximate surface area is 167 Å². The molecule has 1 aliphatic heterocycles. The zero-order valence-electron chi connectivity index (χ0n) is 15.9. The maximum atomic E-state index is 12.5. The Balaban J connectivity index is 1.29. The van der Waals surface area contributed by atoms with Gasteiger partial charge in [0.2, 0.25) is 0 Å². The largest absolute Gasteiger partial charge is 0.573 e. The van der Waals surface area contributed by atoms with Gasteiger partial charge in [0.1, 0.15) is 0 Å². The number of piperazine rings is 1. The fourth-order valence-corrected chi connectivity index (χ4v) is 3.73. The van der Waals surface area contributed by atoms with Gasteiger partial charge in [-0.3, -0.25) is 4.90 Å². The summed E-state index contributed by atoms with van der Waals surface area (Å²) in [5.41, 5.74) is 2.72. The molecule has 0 atom stereocenters. The Morgan fingerprint density at radius 1 is 0.966 bits per heavy atom. The van der Waals surface area contributed by atoms with E-state index in [1.165, 1.54) is 23.2 Å². The van der Waals surface area contributed by atoms with Crippen LogP contribution < -0.4 is 15.0 Å². The minimum atomic E-state index is -4.70. The molecule has 5 nitrogen and oxygen atoms in total. The number of anilines is 2. The average Bonchev–Trinajstić information content (AvgIpc) is 3.18. The number of aromatic amines is 1. The minimum absolute atomic E-state index is 0.204. The van der Waals surface area contributed by atoms with Crippen LogP contribution in [-0.2, 0) is 0 Å². The number of hydrogen-bond donors (Lipinski definition) is 2. The van der Waals surface area contributed by atoms with Crippen molar-refractivity contribution in [3.63, 3.8) is 0 Å². The van der Waals surface area contributed by atoms with Crippen molar-refractivity contribution in [1.29, 1.82) is 0 Å². The highest BCUT2D eigenvalue weighted by atomic mass is 19.4. The summed E-state index contributed by atoms with van der Waals surface area (Å²) in [6.45, 7) is 4.94. The van der Waals surface area contributed by atoms with Gasteiger partial charge in [-0.1, -0.05) is 18.2 Å². The molecule has 0 radical (unpaired) electrons. The minimum Gasteiger partial charge on any atom is -0.404 e. The first-order valence-corrected chi connectivity index (χ1v) is 9.62. The number of aromatic nitrogens is 1. The van der Waals surface area contributed by atoms with Gasteiger partial charge < -0.3 is 19.9 Å². The van der Waals surface area contributed by atoms with E-state index in [4.69, 9.17) is 0 Å². The van der Waals surface area contributed by atoms with Crippen LogP contribution in [0.15, 0.2) is 54.7 Å². The number of rotatable bonds is 6. The number of alkyl halides is 3. The number of para-hydroxylation sites is 2. The molecule has 1 aliphatic rings. The van der Waals surface area contributed by atoms with Crippen molar-refractivity contribution in [3.8, 4) is 5.75 Å². The van der Waals surface area contributed by atoms with Crippen molar-refractivity contribution in [3.05, 3.63) is 54.7 Å². The molecule has 0 spiro atoms. The summed E-state index contributed by atoms with van der Waals surface area (Å²) in [5, 5.41) is 4.29. The maximum Gasteiger partial charge on any atom is 0.573 e. The van der Waals surface area contributed by atoms with Crippen LogP contribution in [0, 0.1) is 0 Å². The topological polar surface area (TPSA) is 43.5 Å². The lowest BCUT2D eigenvalue weighted by molar-refractivity contribution is -0.274. The van der Waals surface area contributed by atoms with Crippen LogP contribution in [-0.4, -0.2) is 55.5 Å². The molecular formula is C21H23F3N4O. The van der Waals surface area contributed by atoms with E-state index in [0.29, 0.717) is 12.2 Å². The van der Waals surface area contributed by atoms with Crippen LogP contribution in [0.1, 0.15) is 0 Å². The molecule has 2 heterocycles. The van der Waals surface area contributed by atoms with Gasteiger partial charge in [0.15, 0.2) is 5.75 Å². The van der Waals surface area contributed by atoms with E-state index < -0.39 is 6.36 Å². The van der Waals surface area contributed by atoms with E-state index in [-0.39, 0.29) is 5.75 Å². The molecule has 4 rings (SSSR count). The molecule has 1 fully saturated rings. The van der Waals surface area contributed by atoms with Crippen molar-refractivity contribution < 1.29 is 17.9 Å². The van der Waals surface area contributed by atoms with Gasteiger partial charge in [0, 0.05) is 62.1 Å². The Hall–Kier alpha value is -2.87. The molecule has 0 saturated carbocycles. The molecule has 8 heteroatoms. The third-order valence-electron chi connectivity index (χ3n) is 5.14. The molecule has 2 N–H and O–H groups in total. The lowest BCUT2D eigenvalue weighted by Gasteiger charge is -2.36. The van der Waals surface area contributed by atoms with Crippen LogP contribution in [0.25, 0.3) is 10.9 Å². The van der Waals surface area contributed by atoms with E-state index in [1.54, 1.807) is 12.1 Å². The van der Waals surface area contributed by atoms with E-state index in [1.807, 2.05) is 6.20 Å². The van der Waals surface area contributed by atoms with Crippen LogP contribution in [0.3, 0.4) is 0 Å². The van der Waals surface area contributed by atoms with Crippen LogP contribution >= 0.6 is 0 Å². The lowest BCUT2D eigenvalue weighted by atomic mass is 10.1. The smallest absolute Gasteiger partial charge is 0.404 e. The van der Waals surface area contributed by atoms with Gasteiger partial charge in [-0.05, 0) is 30.3 Å². The summed E-state index contributed by atoms with van der Waals surface area (Å²) in [7, 11) is 0. The van der Waals surface area contributed by atoms with Crippen molar-refractivity contribution in [2.75, 3.05) is 49.5 Å². The van der Waals surface area contributed by atoms with Crippen LogP contribution in [0.4, 0.5) is 24.5 Å². The first-order chi connectivity index (χ1) is 14.0. The van der Waals surface area contributed by atoms with E-state index in [0.717, 1.165) is 38.2 Å². The fraction of sp³-hybridized carbons (Fsp3) is 0.333. The molecule has 2 aromatic carbocycles. The SMILES string of the molecule is FC(F)(F)Oc1ccccc1NCCN1CCN(c2cccc3[nH]ccc23)CC1. The van der Waals surface area contributed by atoms with Gasteiger partial charge in [0.05, 0.1) is 5.69 Å². The second kappa shape index (κ2) is 8.24. The number of H-pyrrole nitrogens is 1. The second-order valence-electron chi connectivity index (χ2n) is 7.02. The number of fused-ring (bicyclic) bond motifs is 1. The number of benzene rings is 2. The number of hydrogen-bond acceptors (Lipinski definition) is 4. The highest BCUT2D eigenvalue weighted by molar-refractivity contribution is 5.92. The molecule has 0 unspecified atom stereocenters. The van der Waals surface area contributed by atoms with Gasteiger partial charge in [0.25, 0.3) is 0 Å². The highest BCUT2D eigenvalue weighted by Crippen LogP contribution is 2.30. The molecule has 0 bridgehead atoms. The number of halogens is 3. The molecular weight excluding hydrogens is 381 g/mol. The Bertz CT molecular complexity index is 948. The van der Waals surface area contributed by atoms with Gasteiger partial charge in [-0.25, -0.2) is 0 Å². The van der Waals surface area contributed by atoms with Gasteiger partial charge in [-0.15, -0.1) is 13.2 Å². The zero-order valence-corrected chi connectivity index (χ0v) is 15.9. The molecule has 3 aromatic rings. The summed E-state index contributed by atoms with van der Waals surface area (Å²) < 4.78 is 41.7. The average molecular weight is 404 g/mol. The van der Waals surface area contributed by atoms with Crippen molar-refractivity contribution in [2.24, 2.45) is 0 Å². The predicted molar refractivity (Wildman–Crippen MR) is 109 cm³/mol. The van der Waals surface area contributed by atoms with E-state index in [9.17, 15) is 13.2 Å². The van der Waals surface area contributed by atoms with Gasteiger partial charge >= 0.3 is 6.36 Å². The molecule has 1 saturated heterocycles. The van der Waals surface area contributed by atoms with Crippen molar-refractivity contribution in [2.45, 2.75) is 6.36 Å². The third kappa shape index (κ3) is 4.76. The lowest BCUT2D eigenvalue weighted by Crippen LogP contribution is -2.47. The highest BCUT2D eigenvalue weighted by Gasteiger charge is 2.32. The Morgan fingerprint density at radius 3 is 2.55 bits per heavy atom. The summed E-state index contributed by atoms with van der Waals surface area (Å²) in [5.74, 6) is -0.204.